The van der Waals surface area contributed by atoms with Gasteiger partial charge in [0.2, 0.25) is 4.96 Å². The van der Waals surface area contributed by atoms with Crippen LogP contribution in [0.1, 0.15) is 36.0 Å². The molecule has 0 aliphatic rings. The Bertz CT molecular complexity index is 720. The van der Waals surface area contributed by atoms with Crippen molar-refractivity contribution in [2.24, 2.45) is 0 Å². The van der Waals surface area contributed by atoms with E-state index >= 15 is 0 Å². The highest BCUT2D eigenvalue weighted by Gasteiger charge is 2.15. The molecule has 0 radical (unpaired) electrons. The first-order valence-electron chi connectivity index (χ1n) is 6.49. The van der Waals surface area contributed by atoms with Crippen LogP contribution in [0.5, 0.6) is 0 Å². The van der Waals surface area contributed by atoms with Gasteiger partial charge in [0.25, 0.3) is 0 Å². The molecule has 2 heterocycles. The largest absolute Gasteiger partial charge is 0.217 e. The maximum atomic E-state index is 4.73. The normalized spacial score (nSPS) is 11.6. The molecule has 1 aromatic carbocycles. The average Bonchev–Trinajstić information content (AvgIpc) is 2.91. The SMILES string of the molecule is Cc1ccc(-c2nc3sc(C(C)C)nn3c2C)cc1. The third kappa shape index (κ3) is 2.06. The molecule has 3 nitrogen and oxygen atoms in total. The summed E-state index contributed by atoms with van der Waals surface area (Å²) in [7, 11) is 0. The molecule has 2 aromatic heterocycles. The van der Waals surface area contributed by atoms with Gasteiger partial charge in [0.05, 0.1) is 11.4 Å². The van der Waals surface area contributed by atoms with Gasteiger partial charge < -0.3 is 0 Å². The molecule has 4 heteroatoms. The van der Waals surface area contributed by atoms with Crippen LogP contribution in [-0.4, -0.2) is 14.6 Å². The number of aromatic nitrogens is 3. The smallest absolute Gasteiger partial charge is 0.212 e. The van der Waals surface area contributed by atoms with Gasteiger partial charge in [-0.3, -0.25) is 0 Å². The zero-order valence-corrected chi connectivity index (χ0v) is 12.5. The average molecular weight is 271 g/mol. The van der Waals surface area contributed by atoms with Gasteiger partial charge in [-0.2, -0.15) is 5.10 Å². The number of benzene rings is 1. The van der Waals surface area contributed by atoms with Crippen LogP contribution in [0.4, 0.5) is 0 Å². The Morgan fingerprint density at radius 3 is 2.37 bits per heavy atom. The zero-order valence-electron chi connectivity index (χ0n) is 11.6. The summed E-state index contributed by atoms with van der Waals surface area (Å²) in [6.45, 7) is 8.50. The van der Waals surface area contributed by atoms with Gasteiger partial charge >= 0.3 is 0 Å². The Morgan fingerprint density at radius 2 is 1.79 bits per heavy atom. The van der Waals surface area contributed by atoms with E-state index in [1.807, 2.05) is 4.52 Å². The van der Waals surface area contributed by atoms with Gasteiger partial charge in [0, 0.05) is 11.5 Å². The first-order valence-corrected chi connectivity index (χ1v) is 7.31. The lowest BCUT2D eigenvalue weighted by molar-refractivity contribution is 0.793. The van der Waals surface area contributed by atoms with Crippen LogP contribution in [-0.2, 0) is 0 Å². The molecule has 98 valence electrons. The number of hydrogen-bond acceptors (Lipinski definition) is 3. The number of rotatable bonds is 2. The van der Waals surface area contributed by atoms with Gasteiger partial charge in [-0.15, -0.1) is 0 Å². The highest BCUT2D eigenvalue weighted by molar-refractivity contribution is 7.16. The van der Waals surface area contributed by atoms with E-state index < -0.39 is 0 Å². The van der Waals surface area contributed by atoms with Gasteiger partial charge in [-0.1, -0.05) is 55.0 Å². The second-order valence-electron chi connectivity index (χ2n) is 5.20. The van der Waals surface area contributed by atoms with Crippen LogP contribution in [0, 0.1) is 13.8 Å². The van der Waals surface area contributed by atoms with Crippen LogP contribution >= 0.6 is 11.3 Å². The molecule has 0 N–H and O–H groups in total. The van der Waals surface area contributed by atoms with E-state index in [4.69, 9.17) is 4.98 Å². The highest BCUT2D eigenvalue weighted by Crippen LogP contribution is 2.28. The predicted octanol–water partition coefficient (Wildman–Crippen LogP) is 4.20. The number of aryl methyl sites for hydroxylation is 2. The molecule has 0 saturated carbocycles. The lowest BCUT2D eigenvalue weighted by Gasteiger charge is -2.00. The molecular formula is C15H17N3S. The van der Waals surface area contributed by atoms with Crippen LogP contribution in [0.15, 0.2) is 24.3 Å². The Kier molecular flexibility index (Phi) is 2.90. The van der Waals surface area contributed by atoms with E-state index in [0.717, 1.165) is 26.9 Å². The van der Waals surface area contributed by atoms with Crippen LogP contribution in [0.25, 0.3) is 16.2 Å². The highest BCUT2D eigenvalue weighted by atomic mass is 32.1. The maximum absolute atomic E-state index is 4.73. The van der Waals surface area contributed by atoms with Crippen molar-refractivity contribution in [3.63, 3.8) is 0 Å². The van der Waals surface area contributed by atoms with E-state index in [2.05, 4.69) is 57.1 Å². The zero-order chi connectivity index (χ0) is 13.6. The number of fused-ring (bicyclic) bond motifs is 1. The fraction of sp³-hybridized carbons (Fsp3) is 0.333. The van der Waals surface area contributed by atoms with Crippen LogP contribution in [0.2, 0.25) is 0 Å². The summed E-state index contributed by atoms with van der Waals surface area (Å²) in [6.07, 6.45) is 0. The minimum absolute atomic E-state index is 0.453. The Hall–Kier alpha value is -1.68. The molecule has 0 aliphatic heterocycles. The summed E-state index contributed by atoms with van der Waals surface area (Å²) in [6, 6.07) is 8.49. The summed E-state index contributed by atoms with van der Waals surface area (Å²) in [5.41, 5.74) is 4.57. The van der Waals surface area contributed by atoms with Gasteiger partial charge in [0.15, 0.2) is 0 Å². The predicted molar refractivity (Wildman–Crippen MR) is 79.9 cm³/mol. The van der Waals surface area contributed by atoms with Crippen molar-refractivity contribution in [1.82, 2.24) is 14.6 Å². The maximum Gasteiger partial charge on any atom is 0.212 e. The van der Waals surface area contributed by atoms with Crippen molar-refractivity contribution in [3.8, 4) is 11.3 Å². The second-order valence-corrected chi connectivity index (χ2v) is 6.19. The first kappa shape index (κ1) is 12.4. The number of nitrogens with zero attached hydrogens (tertiary/aromatic N) is 3. The van der Waals surface area contributed by atoms with Gasteiger partial charge in [0.1, 0.15) is 5.01 Å². The minimum atomic E-state index is 0.453. The summed E-state index contributed by atoms with van der Waals surface area (Å²) < 4.78 is 1.97. The molecule has 0 bridgehead atoms. The van der Waals surface area contributed by atoms with Gasteiger partial charge in [-0.25, -0.2) is 9.50 Å². The number of imidazole rings is 1. The molecule has 0 saturated heterocycles. The molecule has 0 spiro atoms. The molecule has 3 rings (SSSR count). The summed E-state index contributed by atoms with van der Waals surface area (Å²) >= 11 is 1.68. The molecular weight excluding hydrogens is 254 g/mol. The third-order valence-corrected chi connectivity index (χ3v) is 4.47. The lowest BCUT2D eigenvalue weighted by Crippen LogP contribution is -1.92. The lowest BCUT2D eigenvalue weighted by atomic mass is 10.1. The molecule has 0 amide bonds. The van der Waals surface area contributed by atoms with E-state index in [1.54, 1.807) is 11.3 Å². The summed E-state index contributed by atoms with van der Waals surface area (Å²) in [4.78, 5) is 5.72. The minimum Gasteiger partial charge on any atom is -0.217 e. The molecule has 0 atom stereocenters. The fourth-order valence-electron chi connectivity index (χ4n) is 2.08. The van der Waals surface area contributed by atoms with E-state index in [1.165, 1.54) is 5.56 Å². The van der Waals surface area contributed by atoms with Crippen molar-refractivity contribution < 1.29 is 0 Å². The van der Waals surface area contributed by atoms with Crippen LogP contribution in [0.3, 0.4) is 0 Å². The molecule has 0 aliphatic carbocycles. The molecule has 0 fully saturated rings. The van der Waals surface area contributed by atoms with Crippen molar-refractivity contribution in [1.29, 1.82) is 0 Å². The monoisotopic (exact) mass is 271 g/mol. The standard InChI is InChI=1S/C15H17N3S/c1-9(2)14-17-18-11(4)13(16-15(18)19-14)12-7-5-10(3)6-8-12/h5-9H,1-4H3. The van der Waals surface area contributed by atoms with Crippen molar-refractivity contribution >= 4 is 16.3 Å². The second kappa shape index (κ2) is 4.46. The topological polar surface area (TPSA) is 30.2 Å². The molecule has 0 unspecified atom stereocenters. The quantitative estimate of drug-likeness (QED) is 0.699. The van der Waals surface area contributed by atoms with E-state index in [-0.39, 0.29) is 0 Å². The van der Waals surface area contributed by atoms with E-state index in [9.17, 15) is 0 Å². The van der Waals surface area contributed by atoms with Crippen molar-refractivity contribution in [3.05, 3.63) is 40.5 Å². The fourth-order valence-corrected chi connectivity index (χ4v) is 3.03. The Morgan fingerprint density at radius 1 is 1.11 bits per heavy atom. The Labute approximate surface area is 116 Å². The molecule has 19 heavy (non-hydrogen) atoms. The van der Waals surface area contributed by atoms with Gasteiger partial charge in [-0.05, 0) is 13.8 Å². The van der Waals surface area contributed by atoms with Crippen LogP contribution < -0.4 is 0 Å². The van der Waals surface area contributed by atoms with E-state index in [0.29, 0.717) is 5.92 Å². The van der Waals surface area contributed by atoms with Crippen molar-refractivity contribution in [2.75, 3.05) is 0 Å². The third-order valence-electron chi connectivity index (χ3n) is 3.26. The number of hydrogen-bond donors (Lipinski definition) is 0. The van der Waals surface area contributed by atoms with Crippen molar-refractivity contribution in [2.45, 2.75) is 33.6 Å². The Balaban J connectivity index is 2.13. The first-order chi connectivity index (χ1) is 9.06. The summed E-state index contributed by atoms with van der Waals surface area (Å²) in [5.74, 6) is 0.453. The molecule has 3 aromatic rings. The summed E-state index contributed by atoms with van der Waals surface area (Å²) in [5, 5.41) is 5.79.